The summed E-state index contributed by atoms with van der Waals surface area (Å²) in [5.41, 5.74) is 4.83. The van der Waals surface area contributed by atoms with Gasteiger partial charge in [-0.1, -0.05) is 36.8 Å². The summed E-state index contributed by atoms with van der Waals surface area (Å²) < 4.78 is 6.86. The Morgan fingerprint density at radius 1 is 1.06 bits per heavy atom. The van der Waals surface area contributed by atoms with E-state index in [0.29, 0.717) is 12.2 Å². The van der Waals surface area contributed by atoms with E-state index in [2.05, 4.69) is 31.5 Å². The average Bonchev–Trinajstić information content (AvgIpc) is 2.75. The Hall–Kier alpha value is -2.30. The highest BCUT2D eigenvalue weighted by atomic mass is 35.5. The monoisotopic (exact) mass is 440 g/mol. The quantitative estimate of drug-likeness (QED) is 0.725. The number of carbonyl (C=O) groups excluding carboxylic acids is 1. The number of hydrogen-bond acceptors (Lipinski definition) is 2. The third-order valence-corrected chi connectivity index (χ3v) is 6.60. The molecule has 1 amide bonds. The molecule has 2 aromatic carbocycles. The molecule has 0 unspecified atom stereocenters. The van der Waals surface area contributed by atoms with Gasteiger partial charge in [0.2, 0.25) is 0 Å². The molecule has 4 rings (SSSR count). The van der Waals surface area contributed by atoms with Crippen molar-refractivity contribution in [1.82, 2.24) is 0 Å². The van der Waals surface area contributed by atoms with Crippen LogP contribution in [0, 0.1) is 6.92 Å². The third-order valence-electron chi connectivity index (χ3n) is 6.60. The summed E-state index contributed by atoms with van der Waals surface area (Å²) in [7, 11) is 4.70. The fourth-order valence-corrected chi connectivity index (χ4v) is 4.78. The number of rotatable bonds is 5. The smallest absolute Gasteiger partial charge is 0.255 e. The maximum atomic E-state index is 12.7. The number of carbonyl (C=O) groups is 1. The van der Waals surface area contributed by atoms with Gasteiger partial charge in [0.15, 0.2) is 0 Å². The van der Waals surface area contributed by atoms with Crippen LogP contribution in [0.2, 0.25) is 0 Å². The molecule has 0 spiro atoms. The predicted molar refractivity (Wildman–Crippen MR) is 122 cm³/mol. The molecule has 1 aliphatic carbocycles. The molecule has 166 valence electrons. The van der Waals surface area contributed by atoms with Crippen molar-refractivity contribution in [3.05, 3.63) is 64.7 Å². The van der Waals surface area contributed by atoms with E-state index in [0.717, 1.165) is 39.6 Å². The fourth-order valence-electron chi connectivity index (χ4n) is 4.78. The second kappa shape index (κ2) is 9.88. The van der Waals surface area contributed by atoms with Crippen molar-refractivity contribution in [3.8, 4) is 5.75 Å². The lowest BCUT2D eigenvalue weighted by atomic mass is 9.92. The zero-order valence-electron chi connectivity index (χ0n) is 18.8. The van der Waals surface area contributed by atoms with E-state index >= 15 is 0 Å². The van der Waals surface area contributed by atoms with E-state index in [1.807, 2.05) is 43.3 Å². The van der Waals surface area contributed by atoms with E-state index in [9.17, 15) is 4.79 Å². The summed E-state index contributed by atoms with van der Waals surface area (Å²) in [4.78, 5) is 12.7. The van der Waals surface area contributed by atoms with Crippen molar-refractivity contribution < 1.29 is 26.4 Å². The summed E-state index contributed by atoms with van der Waals surface area (Å²) in [6, 6.07) is 15.0. The van der Waals surface area contributed by atoms with Gasteiger partial charge in [-0.25, -0.2) is 0 Å². The lowest BCUT2D eigenvalue weighted by molar-refractivity contribution is -0.929. The van der Waals surface area contributed by atoms with Gasteiger partial charge in [0.25, 0.3) is 5.91 Å². The Morgan fingerprint density at radius 2 is 1.77 bits per heavy atom. The van der Waals surface area contributed by atoms with Crippen molar-refractivity contribution in [2.24, 2.45) is 0 Å². The number of benzene rings is 2. The van der Waals surface area contributed by atoms with Crippen LogP contribution < -0.4 is 22.5 Å². The highest BCUT2D eigenvalue weighted by Crippen LogP contribution is 2.30. The number of quaternary nitrogens is 1. The van der Waals surface area contributed by atoms with Gasteiger partial charge in [-0.15, -0.1) is 0 Å². The fraction of sp³-hybridized carbons (Fsp3) is 0.423. The molecular formula is C26H33ClN2O2. The average molecular weight is 441 g/mol. The molecule has 2 aromatic rings. The van der Waals surface area contributed by atoms with E-state index < -0.39 is 0 Å². The van der Waals surface area contributed by atoms with Crippen molar-refractivity contribution >= 4 is 17.7 Å². The molecule has 1 heterocycles. The van der Waals surface area contributed by atoms with Gasteiger partial charge in [-0.3, -0.25) is 4.79 Å². The van der Waals surface area contributed by atoms with Crippen LogP contribution in [0.3, 0.4) is 0 Å². The zero-order valence-corrected chi connectivity index (χ0v) is 19.5. The van der Waals surface area contributed by atoms with Gasteiger partial charge in [0.05, 0.1) is 25.7 Å². The largest absolute Gasteiger partial charge is 1.00 e. The molecule has 2 aliphatic rings. The first-order valence-electron chi connectivity index (χ1n) is 11.1. The number of nitrogens with zero attached hydrogens (tertiary/aromatic N) is 1. The number of hydrogen-bond donors (Lipinski definition) is 1. The lowest BCUT2D eigenvalue weighted by Crippen LogP contribution is -3.00. The van der Waals surface area contributed by atoms with Gasteiger partial charge in [-0.05, 0) is 56.4 Å². The molecule has 0 aromatic heterocycles. The van der Waals surface area contributed by atoms with Crippen LogP contribution in [-0.4, -0.2) is 37.1 Å². The number of amides is 1. The molecule has 31 heavy (non-hydrogen) atoms. The number of fused-ring (bicyclic) bond motifs is 1. The van der Waals surface area contributed by atoms with Crippen molar-refractivity contribution in [2.45, 2.75) is 51.6 Å². The Balaban J connectivity index is 0.00000272. The normalized spacial score (nSPS) is 16.4. The van der Waals surface area contributed by atoms with Gasteiger partial charge >= 0.3 is 0 Å². The molecule has 4 nitrogen and oxygen atoms in total. The van der Waals surface area contributed by atoms with Crippen LogP contribution in [0.1, 0.15) is 48.8 Å². The highest BCUT2D eigenvalue weighted by molar-refractivity contribution is 6.07. The Bertz CT molecular complexity index is 944. The molecule has 5 heteroatoms. The van der Waals surface area contributed by atoms with Crippen LogP contribution in [0.4, 0.5) is 5.69 Å². The standard InChI is InChI=1S/C26H32N2O2.ClH/c1-19-8-7-9-21-16-22(18-30-25(19)21)26(29)27-23-14-12-20(13-15-23)17-28(2,3)24-10-5-4-6-11-24;/h7-9,12-16,24H,4-6,10-11,17-18H2,1-3H3;1H. The molecule has 0 radical (unpaired) electrons. The van der Waals surface area contributed by atoms with Crippen LogP contribution >= 0.6 is 0 Å². The minimum atomic E-state index is -0.103. The Labute approximate surface area is 192 Å². The molecule has 0 atom stereocenters. The number of anilines is 1. The van der Waals surface area contributed by atoms with Crippen LogP contribution in [0.5, 0.6) is 5.75 Å². The first-order chi connectivity index (χ1) is 14.4. The van der Waals surface area contributed by atoms with Crippen molar-refractivity contribution in [1.29, 1.82) is 0 Å². The summed E-state index contributed by atoms with van der Waals surface area (Å²) in [6.45, 7) is 3.34. The number of nitrogens with one attached hydrogen (secondary N) is 1. The van der Waals surface area contributed by atoms with E-state index in [1.54, 1.807) is 0 Å². The number of aryl methyl sites for hydroxylation is 1. The first kappa shape index (κ1) is 23.4. The van der Waals surface area contributed by atoms with Crippen LogP contribution in [0.15, 0.2) is 48.0 Å². The van der Waals surface area contributed by atoms with Crippen LogP contribution in [0.25, 0.3) is 6.08 Å². The van der Waals surface area contributed by atoms with E-state index in [-0.39, 0.29) is 18.3 Å². The second-order valence-corrected chi connectivity index (χ2v) is 9.33. The summed E-state index contributed by atoms with van der Waals surface area (Å²) in [5.74, 6) is 0.769. The minimum absolute atomic E-state index is 0. The maximum absolute atomic E-state index is 12.7. The lowest BCUT2D eigenvalue weighted by Gasteiger charge is -2.40. The molecule has 0 saturated heterocycles. The highest BCUT2D eigenvalue weighted by Gasteiger charge is 2.29. The topological polar surface area (TPSA) is 38.3 Å². The predicted octanol–water partition coefficient (Wildman–Crippen LogP) is 2.32. The summed E-state index contributed by atoms with van der Waals surface area (Å²) in [6.07, 6.45) is 8.71. The Morgan fingerprint density at radius 3 is 2.48 bits per heavy atom. The summed E-state index contributed by atoms with van der Waals surface area (Å²) >= 11 is 0. The number of ether oxygens (including phenoxy) is 1. The van der Waals surface area contributed by atoms with Crippen molar-refractivity contribution in [2.75, 3.05) is 26.0 Å². The molecular weight excluding hydrogens is 408 g/mol. The van der Waals surface area contributed by atoms with Crippen molar-refractivity contribution in [3.63, 3.8) is 0 Å². The molecule has 1 aliphatic heterocycles. The van der Waals surface area contributed by atoms with Gasteiger partial charge in [0.1, 0.15) is 18.9 Å². The zero-order chi connectivity index (χ0) is 21.1. The van der Waals surface area contributed by atoms with Gasteiger partial charge in [-0.2, -0.15) is 0 Å². The van der Waals surface area contributed by atoms with E-state index in [4.69, 9.17) is 4.74 Å². The van der Waals surface area contributed by atoms with Gasteiger partial charge in [0, 0.05) is 16.8 Å². The van der Waals surface area contributed by atoms with Gasteiger partial charge < -0.3 is 26.9 Å². The molecule has 1 saturated carbocycles. The SMILES string of the molecule is Cc1cccc2c1OCC(C(=O)Nc1ccc(C[N+](C)(C)C3CCCCC3)cc1)=C2.[Cl-]. The third kappa shape index (κ3) is 5.50. The molecule has 1 N–H and O–H groups in total. The molecule has 1 fully saturated rings. The summed E-state index contributed by atoms with van der Waals surface area (Å²) in [5, 5.41) is 3.02. The maximum Gasteiger partial charge on any atom is 0.255 e. The van der Waals surface area contributed by atoms with Crippen LogP contribution in [-0.2, 0) is 11.3 Å². The first-order valence-corrected chi connectivity index (χ1v) is 11.1. The number of para-hydroxylation sites is 1. The Kier molecular flexibility index (Phi) is 7.45. The van der Waals surface area contributed by atoms with E-state index in [1.165, 1.54) is 37.7 Å². The molecule has 0 bridgehead atoms. The number of halogens is 1. The second-order valence-electron chi connectivity index (χ2n) is 9.33. The minimum Gasteiger partial charge on any atom is -1.00 e.